The Hall–Kier alpha value is -2.60. The molecule has 5 nitrogen and oxygen atoms in total. The standard InChI is InChI=1S/C19H20ClFN2O3/c1-13(19(25)22-2)23(11-14-7-3-4-8-15(14)20)18(24)12-26-17-10-6-5-9-16(17)21/h3-10,13H,11-12H2,1-2H3,(H,22,25)/t13-/m0/s1. The number of rotatable bonds is 7. The first kappa shape index (κ1) is 19.7. The number of carbonyl (C=O) groups is 2. The normalized spacial score (nSPS) is 11.5. The lowest BCUT2D eigenvalue weighted by atomic mass is 10.1. The van der Waals surface area contributed by atoms with Gasteiger partial charge in [-0.25, -0.2) is 4.39 Å². The van der Waals surface area contributed by atoms with Crippen molar-refractivity contribution >= 4 is 23.4 Å². The van der Waals surface area contributed by atoms with E-state index in [1.54, 1.807) is 37.3 Å². The quantitative estimate of drug-likeness (QED) is 0.805. The lowest BCUT2D eigenvalue weighted by Gasteiger charge is -2.28. The van der Waals surface area contributed by atoms with E-state index >= 15 is 0 Å². The largest absolute Gasteiger partial charge is 0.481 e. The molecule has 2 aromatic rings. The van der Waals surface area contributed by atoms with Gasteiger partial charge < -0.3 is 15.0 Å². The molecule has 2 aromatic carbocycles. The summed E-state index contributed by atoms with van der Waals surface area (Å²) in [5.41, 5.74) is 0.698. The van der Waals surface area contributed by atoms with Crippen LogP contribution in [-0.4, -0.2) is 36.4 Å². The molecule has 0 fully saturated rings. The fourth-order valence-electron chi connectivity index (χ4n) is 2.39. The summed E-state index contributed by atoms with van der Waals surface area (Å²) in [6, 6.07) is 12.1. The van der Waals surface area contributed by atoms with Gasteiger partial charge in [-0.2, -0.15) is 0 Å². The first-order valence-electron chi connectivity index (χ1n) is 8.05. The van der Waals surface area contributed by atoms with Crippen LogP contribution in [0.25, 0.3) is 0 Å². The number of likely N-dealkylation sites (N-methyl/N-ethyl adjacent to an activating group) is 1. The molecule has 0 spiro atoms. The van der Waals surface area contributed by atoms with Crippen LogP contribution in [0.5, 0.6) is 5.75 Å². The summed E-state index contributed by atoms with van der Waals surface area (Å²) >= 11 is 6.17. The van der Waals surface area contributed by atoms with Crippen molar-refractivity contribution in [2.24, 2.45) is 0 Å². The molecule has 138 valence electrons. The Morgan fingerprint density at radius 3 is 2.50 bits per heavy atom. The average molecular weight is 379 g/mol. The van der Waals surface area contributed by atoms with Gasteiger partial charge in [0.15, 0.2) is 18.2 Å². The van der Waals surface area contributed by atoms with Crippen molar-refractivity contribution in [2.75, 3.05) is 13.7 Å². The van der Waals surface area contributed by atoms with Crippen molar-refractivity contribution in [2.45, 2.75) is 19.5 Å². The molecule has 1 atom stereocenters. The number of para-hydroxylation sites is 1. The molecule has 0 unspecified atom stereocenters. The number of hydrogen-bond acceptors (Lipinski definition) is 3. The zero-order chi connectivity index (χ0) is 19.1. The number of nitrogens with zero attached hydrogens (tertiary/aromatic N) is 1. The van der Waals surface area contributed by atoms with Crippen LogP contribution in [0, 0.1) is 5.82 Å². The highest BCUT2D eigenvalue weighted by molar-refractivity contribution is 6.31. The molecule has 2 amide bonds. The predicted molar refractivity (Wildman–Crippen MR) is 97.4 cm³/mol. The topological polar surface area (TPSA) is 58.6 Å². The number of nitrogens with one attached hydrogen (secondary N) is 1. The molecule has 2 rings (SSSR count). The van der Waals surface area contributed by atoms with E-state index < -0.39 is 24.4 Å². The van der Waals surface area contributed by atoms with E-state index in [2.05, 4.69) is 5.32 Å². The molecule has 0 saturated carbocycles. The van der Waals surface area contributed by atoms with Crippen LogP contribution < -0.4 is 10.1 Å². The van der Waals surface area contributed by atoms with Crippen molar-refractivity contribution in [3.8, 4) is 5.75 Å². The maximum absolute atomic E-state index is 13.7. The van der Waals surface area contributed by atoms with Crippen molar-refractivity contribution in [3.05, 3.63) is 64.9 Å². The first-order chi connectivity index (χ1) is 12.4. The van der Waals surface area contributed by atoms with Gasteiger partial charge in [-0.05, 0) is 30.7 Å². The van der Waals surface area contributed by atoms with E-state index in [1.807, 2.05) is 0 Å². The van der Waals surface area contributed by atoms with Crippen molar-refractivity contribution < 1.29 is 18.7 Å². The zero-order valence-corrected chi connectivity index (χ0v) is 15.3. The summed E-state index contributed by atoms with van der Waals surface area (Å²) < 4.78 is 18.9. The number of ether oxygens (including phenoxy) is 1. The molecule has 0 aliphatic rings. The summed E-state index contributed by atoms with van der Waals surface area (Å²) in [6.45, 7) is 1.34. The van der Waals surface area contributed by atoms with Crippen molar-refractivity contribution in [1.29, 1.82) is 0 Å². The van der Waals surface area contributed by atoms with Crippen LogP contribution in [0.4, 0.5) is 4.39 Å². The number of hydrogen-bond donors (Lipinski definition) is 1. The van der Waals surface area contributed by atoms with Crippen molar-refractivity contribution in [3.63, 3.8) is 0 Å². The predicted octanol–water partition coefficient (Wildman–Crippen LogP) is 3.02. The number of benzene rings is 2. The maximum Gasteiger partial charge on any atom is 0.261 e. The molecular formula is C19H20ClFN2O3. The highest BCUT2D eigenvalue weighted by Crippen LogP contribution is 2.20. The van der Waals surface area contributed by atoms with Gasteiger partial charge in [-0.15, -0.1) is 0 Å². The SMILES string of the molecule is CNC(=O)[C@H](C)N(Cc1ccccc1Cl)C(=O)COc1ccccc1F. The first-order valence-corrected chi connectivity index (χ1v) is 8.43. The van der Waals surface area contributed by atoms with E-state index in [9.17, 15) is 14.0 Å². The summed E-state index contributed by atoms with van der Waals surface area (Å²) in [5.74, 6) is -1.36. The summed E-state index contributed by atoms with van der Waals surface area (Å²) in [5, 5.41) is 3.01. The fraction of sp³-hybridized carbons (Fsp3) is 0.263. The van der Waals surface area contributed by atoms with Crippen molar-refractivity contribution in [1.82, 2.24) is 10.2 Å². The van der Waals surface area contributed by atoms with E-state index in [1.165, 1.54) is 30.1 Å². The smallest absolute Gasteiger partial charge is 0.261 e. The Morgan fingerprint density at radius 2 is 1.85 bits per heavy atom. The van der Waals surface area contributed by atoms with E-state index in [-0.39, 0.29) is 18.2 Å². The third kappa shape index (κ3) is 4.95. The van der Waals surface area contributed by atoms with Gasteiger partial charge in [-0.1, -0.05) is 41.9 Å². The number of amides is 2. The third-order valence-corrected chi connectivity index (χ3v) is 4.27. The lowest BCUT2D eigenvalue weighted by molar-refractivity contribution is -0.142. The highest BCUT2D eigenvalue weighted by atomic mass is 35.5. The molecule has 0 saturated heterocycles. The van der Waals surface area contributed by atoms with E-state index in [4.69, 9.17) is 16.3 Å². The molecule has 7 heteroatoms. The van der Waals surface area contributed by atoms with Crippen LogP contribution in [0.2, 0.25) is 5.02 Å². The van der Waals surface area contributed by atoms with E-state index in [0.717, 1.165) is 0 Å². The van der Waals surface area contributed by atoms with Gasteiger partial charge in [-0.3, -0.25) is 9.59 Å². The second-order valence-corrected chi connectivity index (χ2v) is 6.03. The Morgan fingerprint density at radius 1 is 1.19 bits per heavy atom. The molecule has 0 aromatic heterocycles. The molecule has 0 heterocycles. The van der Waals surface area contributed by atoms with Gasteiger partial charge >= 0.3 is 0 Å². The number of halogens is 2. The molecular weight excluding hydrogens is 359 g/mol. The Labute approximate surface area is 156 Å². The average Bonchev–Trinajstić information content (AvgIpc) is 2.65. The third-order valence-electron chi connectivity index (χ3n) is 3.90. The van der Waals surface area contributed by atoms with Gasteiger partial charge in [0.1, 0.15) is 6.04 Å². The Kier molecular flexibility index (Phi) is 6.97. The van der Waals surface area contributed by atoms with Gasteiger partial charge in [0, 0.05) is 18.6 Å². The molecule has 1 N–H and O–H groups in total. The Bertz CT molecular complexity index is 785. The second-order valence-electron chi connectivity index (χ2n) is 5.62. The summed E-state index contributed by atoms with van der Waals surface area (Å²) in [6.07, 6.45) is 0. The van der Waals surface area contributed by atoms with Gasteiger partial charge in [0.2, 0.25) is 5.91 Å². The minimum Gasteiger partial charge on any atom is -0.481 e. The molecule has 0 bridgehead atoms. The minimum absolute atomic E-state index is 0.0221. The maximum atomic E-state index is 13.7. The monoisotopic (exact) mass is 378 g/mol. The lowest BCUT2D eigenvalue weighted by Crippen LogP contribution is -2.48. The minimum atomic E-state index is -0.743. The fourth-order valence-corrected chi connectivity index (χ4v) is 2.58. The van der Waals surface area contributed by atoms with Crippen LogP contribution in [0.3, 0.4) is 0 Å². The van der Waals surface area contributed by atoms with E-state index in [0.29, 0.717) is 10.6 Å². The zero-order valence-electron chi connectivity index (χ0n) is 14.5. The molecule has 0 aliphatic heterocycles. The second kappa shape index (κ2) is 9.20. The van der Waals surface area contributed by atoms with Crippen LogP contribution in [0.1, 0.15) is 12.5 Å². The molecule has 0 radical (unpaired) electrons. The van der Waals surface area contributed by atoms with Gasteiger partial charge in [0.05, 0.1) is 0 Å². The van der Waals surface area contributed by atoms with Crippen LogP contribution in [0.15, 0.2) is 48.5 Å². The molecule has 0 aliphatic carbocycles. The Balaban J connectivity index is 2.17. The van der Waals surface area contributed by atoms with Gasteiger partial charge in [0.25, 0.3) is 5.91 Å². The molecule has 26 heavy (non-hydrogen) atoms. The summed E-state index contributed by atoms with van der Waals surface area (Å²) in [7, 11) is 1.49. The summed E-state index contributed by atoms with van der Waals surface area (Å²) in [4.78, 5) is 26.0. The van der Waals surface area contributed by atoms with Crippen LogP contribution >= 0.6 is 11.6 Å². The number of carbonyl (C=O) groups excluding carboxylic acids is 2. The van der Waals surface area contributed by atoms with Crippen LogP contribution in [-0.2, 0) is 16.1 Å². The highest BCUT2D eigenvalue weighted by Gasteiger charge is 2.26.